The largest absolute Gasteiger partial charge is 0.497 e. The zero-order valence-corrected chi connectivity index (χ0v) is 29.8. The van der Waals surface area contributed by atoms with Crippen LogP contribution in [0.1, 0.15) is 62.2 Å². The number of alkyl halides is 2. The molecule has 0 saturated heterocycles. The third-order valence-corrected chi connectivity index (χ3v) is 9.14. The molecule has 2 atom stereocenters. The molecule has 0 aliphatic carbocycles. The van der Waals surface area contributed by atoms with Crippen molar-refractivity contribution in [2.24, 2.45) is 10.8 Å². The summed E-state index contributed by atoms with van der Waals surface area (Å²) >= 11 is 11.9. The van der Waals surface area contributed by atoms with Gasteiger partial charge >= 0.3 is 0 Å². The van der Waals surface area contributed by atoms with Crippen LogP contribution in [0.15, 0.2) is 98.1 Å². The average molecular weight is 698 g/mol. The summed E-state index contributed by atoms with van der Waals surface area (Å²) in [6.45, 7) is 15.1. The first-order valence-electron chi connectivity index (χ1n) is 15.4. The molecule has 48 heavy (non-hydrogen) atoms. The predicted octanol–water partition coefficient (Wildman–Crippen LogP) is 11.0. The number of hydrogen-bond donors (Lipinski definition) is 2. The summed E-state index contributed by atoms with van der Waals surface area (Å²) in [7, 11) is 3.06. The normalized spacial score (nSPS) is 12.8. The molecule has 0 radical (unpaired) electrons. The molecular weight excluding hydrogens is 653 g/mol. The van der Waals surface area contributed by atoms with Gasteiger partial charge in [0.2, 0.25) is 0 Å². The summed E-state index contributed by atoms with van der Waals surface area (Å²) in [6.07, 6.45) is 1.69. The van der Waals surface area contributed by atoms with Gasteiger partial charge in [-0.05, 0) is 69.8 Å². The summed E-state index contributed by atoms with van der Waals surface area (Å²) < 4.78 is 39.2. The zero-order valence-electron chi connectivity index (χ0n) is 28.3. The molecule has 4 aromatic carbocycles. The minimum absolute atomic E-state index is 0.315. The van der Waals surface area contributed by atoms with Crippen molar-refractivity contribution in [1.29, 1.82) is 0 Å². The van der Waals surface area contributed by atoms with Crippen LogP contribution in [0.3, 0.4) is 0 Å². The summed E-state index contributed by atoms with van der Waals surface area (Å²) in [5.74, 6) is 0.982. The van der Waals surface area contributed by atoms with Gasteiger partial charge in [0.15, 0.2) is 0 Å². The van der Waals surface area contributed by atoms with Crippen molar-refractivity contribution in [3.05, 3.63) is 132 Å². The van der Waals surface area contributed by atoms with E-state index >= 15 is 0 Å². The maximum atomic E-state index is 14.4. The van der Waals surface area contributed by atoms with E-state index < -0.39 is 23.0 Å². The van der Waals surface area contributed by atoms with Gasteiger partial charge in [0.1, 0.15) is 23.1 Å². The minimum atomic E-state index is -0.848. The number of ether oxygens (including phenoxy) is 2. The minimum Gasteiger partial charge on any atom is -0.497 e. The van der Waals surface area contributed by atoms with Gasteiger partial charge in [-0.3, -0.25) is 0 Å². The Kier molecular flexibility index (Phi) is 13.4. The van der Waals surface area contributed by atoms with Gasteiger partial charge in [-0.25, -0.2) is 8.78 Å². The molecule has 0 amide bonds. The van der Waals surface area contributed by atoms with Gasteiger partial charge in [0.05, 0.1) is 26.4 Å². The molecule has 0 heterocycles. The van der Waals surface area contributed by atoms with E-state index in [9.17, 15) is 19.0 Å². The Labute approximate surface area is 293 Å². The Morgan fingerprint density at radius 1 is 0.625 bits per heavy atom. The van der Waals surface area contributed by atoms with E-state index in [1.165, 1.54) is 26.4 Å². The Hall–Kier alpha value is -3.68. The molecule has 256 valence electrons. The van der Waals surface area contributed by atoms with Crippen LogP contribution in [0.4, 0.5) is 8.78 Å². The smallest absolute Gasteiger partial charge is 0.131 e. The Morgan fingerprint density at radius 3 is 1.27 bits per heavy atom. The van der Waals surface area contributed by atoms with Gasteiger partial charge < -0.3 is 19.7 Å². The van der Waals surface area contributed by atoms with E-state index in [1.807, 2.05) is 52.0 Å². The second-order valence-electron chi connectivity index (χ2n) is 12.7. The second-order valence-corrected chi connectivity index (χ2v) is 13.2. The number of aliphatic hydroxyl groups excluding tert-OH is 2. The lowest BCUT2D eigenvalue weighted by atomic mass is 9.80. The molecule has 0 unspecified atom stereocenters. The van der Waals surface area contributed by atoms with Crippen molar-refractivity contribution in [2.75, 3.05) is 14.2 Å². The van der Waals surface area contributed by atoms with Crippen LogP contribution in [-0.2, 0) is 11.8 Å². The van der Waals surface area contributed by atoms with Crippen molar-refractivity contribution in [3.63, 3.8) is 0 Å². The van der Waals surface area contributed by atoms with Crippen LogP contribution in [0, 0.1) is 22.5 Å². The SMILES string of the molecule is C=CC(C)(C)[C@@H](O)c1cc(CCl)ccc1-c1cc(OC)ccc1F.C=CC(C)(C)[C@H](O)c1cc(CCl)ccc1-c1cc(OC)ccc1F. The number of rotatable bonds is 12. The van der Waals surface area contributed by atoms with Crippen LogP contribution < -0.4 is 9.47 Å². The molecule has 8 heteroatoms. The van der Waals surface area contributed by atoms with Gasteiger partial charge in [0, 0.05) is 33.7 Å². The fourth-order valence-electron chi connectivity index (χ4n) is 5.03. The molecule has 4 rings (SSSR count). The molecule has 0 spiro atoms. The Balaban J connectivity index is 0.000000260. The molecular formula is C40H44Cl2F2O4. The third-order valence-electron chi connectivity index (χ3n) is 8.52. The molecule has 4 nitrogen and oxygen atoms in total. The van der Waals surface area contributed by atoms with Crippen molar-refractivity contribution in [1.82, 2.24) is 0 Å². The molecule has 0 bridgehead atoms. The molecule has 0 aromatic heterocycles. The lowest BCUT2D eigenvalue weighted by Gasteiger charge is -2.29. The Bertz CT molecular complexity index is 1610. The molecule has 2 N–H and O–H groups in total. The fourth-order valence-corrected chi connectivity index (χ4v) is 5.37. The first-order valence-corrected chi connectivity index (χ1v) is 16.4. The van der Waals surface area contributed by atoms with E-state index in [4.69, 9.17) is 32.7 Å². The summed E-state index contributed by atoms with van der Waals surface area (Å²) in [5.41, 5.74) is 3.79. The summed E-state index contributed by atoms with van der Waals surface area (Å²) in [6, 6.07) is 20.0. The van der Waals surface area contributed by atoms with E-state index in [2.05, 4.69) is 13.2 Å². The van der Waals surface area contributed by atoms with Crippen LogP contribution in [0.5, 0.6) is 11.5 Å². The highest BCUT2D eigenvalue weighted by Crippen LogP contribution is 2.42. The zero-order chi connectivity index (χ0) is 35.8. The standard InChI is InChI=1S/2C20H22ClFO2/c2*1-5-20(2,3)19(23)17-10-13(12-21)6-8-15(17)16-11-14(24-4)7-9-18(16)22/h2*5-11,19,23H,1,12H2,2-4H3/t2*19-/m10/s1. The van der Waals surface area contributed by atoms with E-state index in [0.29, 0.717) is 56.6 Å². The molecule has 0 saturated carbocycles. The quantitative estimate of drug-likeness (QED) is 0.114. The van der Waals surface area contributed by atoms with E-state index in [-0.39, 0.29) is 11.6 Å². The predicted molar refractivity (Wildman–Crippen MR) is 194 cm³/mol. The highest BCUT2D eigenvalue weighted by molar-refractivity contribution is 6.17. The topological polar surface area (TPSA) is 58.9 Å². The lowest BCUT2D eigenvalue weighted by molar-refractivity contribution is 0.0826. The molecule has 0 aliphatic rings. The summed E-state index contributed by atoms with van der Waals surface area (Å²) in [4.78, 5) is 0. The van der Waals surface area contributed by atoms with Crippen molar-refractivity contribution >= 4 is 23.2 Å². The number of hydrogen-bond acceptors (Lipinski definition) is 4. The number of benzene rings is 4. The van der Waals surface area contributed by atoms with Gasteiger partial charge in [-0.2, -0.15) is 0 Å². The van der Waals surface area contributed by atoms with Gasteiger partial charge in [-0.15, -0.1) is 36.4 Å². The van der Waals surface area contributed by atoms with E-state index in [1.54, 1.807) is 48.6 Å². The monoisotopic (exact) mass is 696 g/mol. The van der Waals surface area contributed by atoms with Gasteiger partial charge in [0.25, 0.3) is 0 Å². The van der Waals surface area contributed by atoms with Crippen LogP contribution in [-0.4, -0.2) is 24.4 Å². The number of methoxy groups -OCH3 is 2. The molecule has 4 aromatic rings. The first kappa shape index (κ1) is 38.8. The van der Waals surface area contributed by atoms with Crippen LogP contribution >= 0.6 is 23.2 Å². The van der Waals surface area contributed by atoms with Crippen molar-refractivity contribution in [3.8, 4) is 33.8 Å². The average Bonchev–Trinajstić information content (AvgIpc) is 3.11. The van der Waals surface area contributed by atoms with E-state index in [0.717, 1.165) is 11.1 Å². The Morgan fingerprint density at radius 2 is 0.979 bits per heavy atom. The highest BCUT2D eigenvalue weighted by Gasteiger charge is 2.30. The fraction of sp³-hybridized carbons (Fsp3) is 0.300. The number of halogens is 4. The maximum absolute atomic E-state index is 14.4. The van der Waals surface area contributed by atoms with Crippen LogP contribution in [0.25, 0.3) is 22.3 Å². The summed E-state index contributed by atoms with van der Waals surface area (Å²) in [5, 5.41) is 21.7. The van der Waals surface area contributed by atoms with Crippen molar-refractivity contribution in [2.45, 2.75) is 51.7 Å². The second kappa shape index (κ2) is 16.6. The maximum Gasteiger partial charge on any atom is 0.131 e. The molecule has 0 aliphatic heterocycles. The lowest BCUT2D eigenvalue weighted by Crippen LogP contribution is -2.20. The first-order chi connectivity index (χ1) is 22.7. The molecule has 0 fully saturated rings. The highest BCUT2D eigenvalue weighted by atomic mass is 35.5. The third kappa shape index (κ3) is 8.86. The van der Waals surface area contributed by atoms with Crippen LogP contribution in [0.2, 0.25) is 0 Å². The number of aliphatic hydroxyl groups is 2. The van der Waals surface area contributed by atoms with Crippen molar-refractivity contribution < 1.29 is 28.5 Å². The van der Waals surface area contributed by atoms with Gasteiger partial charge in [-0.1, -0.05) is 76.2 Å².